The highest BCUT2D eigenvalue weighted by Gasteiger charge is 2.55. The van der Waals surface area contributed by atoms with E-state index in [4.69, 9.17) is 11.6 Å². The molecule has 1 saturated carbocycles. The van der Waals surface area contributed by atoms with Gasteiger partial charge in [-0.1, -0.05) is 31.0 Å². The third kappa shape index (κ3) is 1.52. The number of nitriles is 1. The molecule has 0 heterocycles. The van der Waals surface area contributed by atoms with E-state index >= 15 is 0 Å². The van der Waals surface area contributed by atoms with Gasteiger partial charge in [0.1, 0.15) is 5.82 Å². The van der Waals surface area contributed by atoms with E-state index in [9.17, 15) is 9.65 Å². The molecule has 0 saturated heterocycles. The highest BCUT2D eigenvalue weighted by molar-refractivity contribution is 6.31. The maximum atomic E-state index is 12.9. The Morgan fingerprint density at radius 1 is 1.67 bits per heavy atom. The molecule has 1 fully saturated rings. The van der Waals surface area contributed by atoms with Crippen LogP contribution in [0.25, 0.3) is 0 Å². The summed E-state index contributed by atoms with van der Waals surface area (Å²) in [5, 5.41) is 9.57. The van der Waals surface area contributed by atoms with Crippen molar-refractivity contribution in [2.24, 2.45) is 5.92 Å². The average molecular weight is 224 g/mol. The lowest BCUT2D eigenvalue weighted by Crippen LogP contribution is -2.07. The van der Waals surface area contributed by atoms with Gasteiger partial charge in [-0.3, -0.25) is 0 Å². The molecule has 2 rings (SSSR count). The molecular weight excluding hydrogens is 213 g/mol. The second-order valence-electron chi connectivity index (χ2n) is 4.02. The molecule has 0 aromatic heterocycles. The Labute approximate surface area is 93.5 Å². The molecule has 0 N–H and O–H groups in total. The van der Waals surface area contributed by atoms with Gasteiger partial charge in [-0.05, 0) is 30.0 Å². The van der Waals surface area contributed by atoms with Crippen molar-refractivity contribution in [3.63, 3.8) is 0 Å². The van der Waals surface area contributed by atoms with Gasteiger partial charge < -0.3 is 0 Å². The molecule has 1 nitrogen and oxygen atoms in total. The van der Waals surface area contributed by atoms with Crippen LogP contribution in [0.3, 0.4) is 0 Å². The Balaban J connectivity index is 2.43. The summed E-state index contributed by atoms with van der Waals surface area (Å²) < 4.78 is 12.9. The predicted molar refractivity (Wildman–Crippen MR) is 57.1 cm³/mol. The maximum absolute atomic E-state index is 12.9. The topological polar surface area (TPSA) is 23.8 Å². The van der Waals surface area contributed by atoms with Crippen LogP contribution in [-0.4, -0.2) is 0 Å². The zero-order valence-electron chi connectivity index (χ0n) is 8.43. The van der Waals surface area contributed by atoms with E-state index in [-0.39, 0.29) is 5.82 Å². The molecule has 2 unspecified atom stereocenters. The van der Waals surface area contributed by atoms with E-state index in [1.165, 1.54) is 12.1 Å². The lowest BCUT2D eigenvalue weighted by atomic mass is 9.94. The van der Waals surface area contributed by atoms with Crippen molar-refractivity contribution in [1.29, 1.82) is 5.26 Å². The largest absolute Gasteiger partial charge is 0.207 e. The summed E-state index contributed by atoms with van der Waals surface area (Å²) in [7, 11) is 0. The smallest absolute Gasteiger partial charge is 0.124 e. The van der Waals surface area contributed by atoms with Crippen molar-refractivity contribution in [2.45, 2.75) is 25.2 Å². The summed E-state index contributed by atoms with van der Waals surface area (Å²) in [4.78, 5) is 0. The Morgan fingerprint density at radius 3 is 2.87 bits per heavy atom. The fourth-order valence-corrected chi connectivity index (χ4v) is 2.54. The number of halogens is 2. The van der Waals surface area contributed by atoms with Crippen LogP contribution in [0.5, 0.6) is 0 Å². The van der Waals surface area contributed by atoms with E-state index in [1.54, 1.807) is 6.07 Å². The molecule has 0 spiro atoms. The molecule has 1 aliphatic carbocycles. The van der Waals surface area contributed by atoms with Crippen molar-refractivity contribution in [1.82, 2.24) is 0 Å². The summed E-state index contributed by atoms with van der Waals surface area (Å²) in [5.41, 5.74) is 0.319. The normalized spacial score (nSPS) is 28.5. The van der Waals surface area contributed by atoms with Gasteiger partial charge in [0.25, 0.3) is 0 Å². The third-order valence-electron chi connectivity index (χ3n) is 3.21. The minimum absolute atomic E-state index is 0.356. The molecular formula is C12H11ClFN. The van der Waals surface area contributed by atoms with Gasteiger partial charge >= 0.3 is 0 Å². The number of hydrogen-bond donors (Lipinski definition) is 0. The Hall–Kier alpha value is -1.07. The van der Waals surface area contributed by atoms with Gasteiger partial charge in [-0.15, -0.1) is 0 Å². The second kappa shape index (κ2) is 3.50. The van der Waals surface area contributed by atoms with Crippen molar-refractivity contribution in [2.75, 3.05) is 0 Å². The first-order valence-electron chi connectivity index (χ1n) is 5.01. The lowest BCUT2D eigenvalue weighted by molar-refractivity contribution is 0.625. The van der Waals surface area contributed by atoms with Crippen LogP contribution in [0.15, 0.2) is 18.2 Å². The van der Waals surface area contributed by atoms with Gasteiger partial charge in [0, 0.05) is 5.02 Å². The molecule has 78 valence electrons. The van der Waals surface area contributed by atoms with Crippen LogP contribution in [0.4, 0.5) is 4.39 Å². The van der Waals surface area contributed by atoms with Crippen LogP contribution in [0.1, 0.15) is 25.3 Å². The molecule has 2 atom stereocenters. The maximum Gasteiger partial charge on any atom is 0.124 e. The molecule has 0 amide bonds. The minimum Gasteiger partial charge on any atom is -0.207 e. The van der Waals surface area contributed by atoms with Crippen molar-refractivity contribution >= 4 is 11.6 Å². The number of benzene rings is 1. The molecule has 15 heavy (non-hydrogen) atoms. The quantitative estimate of drug-likeness (QED) is 0.751. The molecule has 0 bridgehead atoms. The second-order valence-corrected chi connectivity index (χ2v) is 4.42. The SMILES string of the molecule is CCC1CC1(C#N)c1ccc(F)cc1Cl. The van der Waals surface area contributed by atoms with Gasteiger partial charge in [-0.25, -0.2) is 4.39 Å². The summed E-state index contributed by atoms with van der Waals surface area (Å²) in [6.07, 6.45) is 1.80. The number of rotatable bonds is 2. The van der Waals surface area contributed by atoms with Crippen LogP contribution in [-0.2, 0) is 5.41 Å². The Kier molecular flexibility index (Phi) is 2.44. The fourth-order valence-electron chi connectivity index (χ4n) is 2.20. The van der Waals surface area contributed by atoms with E-state index in [2.05, 4.69) is 13.0 Å². The zero-order valence-corrected chi connectivity index (χ0v) is 9.18. The molecule has 1 aromatic rings. The lowest BCUT2D eigenvalue weighted by Gasteiger charge is -2.10. The summed E-state index contributed by atoms with van der Waals surface area (Å²) in [6.45, 7) is 2.06. The molecule has 1 aliphatic rings. The third-order valence-corrected chi connectivity index (χ3v) is 3.52. The van der Waals surface area contributed by atoms with Crippen molar-refractivity contribution in [3.05, 3.63) is 34.6 Å². The zero-order chi connectivity index (χ0) is 11.1. The molecule has 3 heteroatoms. The number of nitrogens with zero attached hydrogens (tertiary/aromatic N) is 1. The molecule has 0 aliphatic heterocycles. The molecule has 1 aromatic carbocycles. The Bertz CT molecular complexity index is 438. The minimum atomic E-state index is -0.459. The van der Waals surface area contributed by atoms with Gasteiger partial charge in [0.05, 0.1) is 11.5 Å². The highest BCUT2D eigenvalue weighted by Crippen LogP contribution is 2.57. The fraction of sp³-hybridized carbons (Fsp3) is 0.417. The van der Waals surface area contributed by atoms with Crippen LogP contribution >= 0.6 is 11.6 Å². The Morgan fingerprint density at radius 2 is 2.40 bits per heavy atom. The first kappa shape index (κ1) is 10.4. The standard InChI is InChI=1S/C12H11ClFN/c1-2-8-6-12(8,7-15)10-4-3-9(14)5-11(10)13/h3-5,8H,2,6H2,1H3. The predicted octanol–water partition coefficient (Wildman–Crippen LogP) is 3.67. The van der Waals surface area contributed by atoms with E-state index in [1.807, 2.05) is 0 Å². The first-order valence-corrected chi connectivity index (χ1v) is 5.38. The van der Waals surface area contributed by atoms with Crippen LogP contribution in [0, 0.1) is 23.1 Å². The van der Waals surface area contributed by atoms with Gasteiger partial charge in [0.2, 0.25) is 0 Å². The summed E-state index contributed by atoms with van der Waals surface area (Å²) >= 11 is 5.96. The van der Waals surface area contributed by atoms with Crippen LogP contribution in [0.2, 0.25) is 5.02 Å². The highest BCUT2D eigenvalue weighted by atomic mass is 35.5. The summed E-state index contributed by atoms with van der Waals surface area (Å²) in [5.74, 6) is 0.0102. The van der Waals surface area contributed by atoms with Crippen molar-refractivity contribution < 1.29 is 4.39 Å². The first-order chi connectivity index (χ1) is 7.14. The van der Waals surface area contributed by atoms with Crippen molar-refractivity contribution in [3.8, 4) is 6.07 Å². The van der Waals surface area contributed by atoms with Gasteiger partial charge in [-0.2, -0.15) is 5.26 Å². The van der Waals surface area contributed by atoms with Crippen LogP contribution < -0.4 is 0 Å². The van der Waals surface area contributed by atoms with E-state index in [0.29, 0.717) is 10.9 Å². The van der Waals surface area contributed by atoms with Gasteiger partial charge in [0.15, 0.2) is 0 Å². The summed E-state index contributed by atoms with van der Waals surface area (Å²) in [6, 6.07) is 6.60. The van der Waals surface area contributed by atoms with E-state index < -0.39 is 5.41 Å². The molecule has 0 radical (unpaired) electrons. The number of hydrogen-bond acceptors (Lipinski definition) is 1. The van der Waals surface area contributed by atoms with E-state index in [0.717, 1.165) is 18.4 Å². The average Bonchev–Trinajstić information content (AvgIpc) is 2.93. The monoisotopic (exact) mass is 223 g/mol.